The number of ether oxygens (including phenoxy) is 1. The molecule has 1 fully saturated rings. The van der Waals surface area contributed by atoms with Crippen molar-refractivity contribution in [2.45, 2.75) is 38.7 Å². The van der Waals surface area contributed by atoms with Gasteiger partial charge in [-0.2, -0.15) is 5.26 Å². The number of rotatable bonds is 5. The van der Waals surface area contributed by atoms with Gasteiger partial charge in [0.15, 0.2) is 11.6 Å². The number of hydrogen-bond acceptors (Lipinski definition) is 3. The predicted octanol–water partition coefficient (Wildman–Crippen LogP) is 2.79. The molecule has 0 aromatic heterocycles. The van der Waals surface area contributed by atoms with Crippen molar-refractivity contribution < 1.29 is 13.9 Å². The summed E-state index contributed by atoms with van der Waals surface area (Å²) in [6.07, 6.45) is 2.66. The van der Waals surface area contributed by atoms with Crippen molar-refractivity contribution >= 4 is 5.91 Å². The van der Waals surface area contributed by atoms with E-state index < -0.39 is 11.2 Å². The van der Waals surface area contributed by atoms with Gasteiger partial charge in [0.1, 0.15) is 11.5 Å². The number of carbonyl (C=O) groups is 1. The number of halogens is 1. The smallest absolute Gasteiger partial charge is 0.240 e. The van der Waals surface area contributed by atoms with E-state index in [2.05, 4.69) is 11.4 Å². The Morgan fingerprint density at radius 2 is 2.14 bits per heavy atom. The lowest BCUT2D eigenvalue weighted by molar-refractivity contribution is -0.128. The molecule has 5 heteroatoms. The molecule has 1 amide bonds. The summed E-state index contributed by atoms with van der Waals surface area (Å²) in [5.74, 6) is -0.512. The number of amides is 1. The van der Waals surface area contributed by atoms with Crippen LogP contribution in [0.2, 0.25) is 0 Å². The van der Waals surface area contributed by atoms with E-state index in [4.69, 9.17) is 4.74 Å². The van der Waals surface area contributed by atoms with Gasteiger partial charge in [-0.05, 0) is 31.9 Å². The zero-order chi connectivity index (χ0) is 15.3. The average molecular weight is 290 g/mol. The van der Waals surface area contributed by atoms with Crippen LogP contribution in [0, 0.1) is 22.6 Å². The molecule has 0 radical (unpaired) electrons. The average Bonchev–Trinajstić information content (AvgIpc) is 2.97. The Kier molecular flexibility index (Phi) is 4.79. The standard InChI is InChI=1S/C16H19FN2O2/c1-12(21-14-7-3-2-6-13(14)17)10-19-15(20)16(11-18)8-4-5-9-16/h2-3,6-7,12H,4-5,8-10H2,1H3,(H,19,20)/t12-/m0/s1. The molecule has 1 aromatic rings. The fourth-order valence-electron chi connectivity index (χ4n) is 2.57. The first-order valence-corrected chi connectivity index (χ1v) is 7.18. The monoisotopic (exact) mass is 290 g/mol. The van der Waals surface area contributed by atoms with E-state index in [0.29, 0.717) is 12.8 Å². The fraction of sp³-hybridized carbons (Fsp3) is 0.500. The van der Waals surface area contributed by atoms with Crippen LogP contribution < -0.4 is 10.1 Å². The molecular formula is C16H19FN2O2. The zero-order valence-corrected chi connectivity index (χ0v) is 12.1. The van der Waals surface area contributed by atoms with Crippen molar-refractivity contribution in [2.24, 2.45) is 5.41 Å². The third kappa shape index (κ3) is 3.52. The summed E-state index contributed by atoms with van der Waals surface area (Å²) in [6.45, 7) is 2.00. The molecule has 0 bridgehead atoms. The molecule has 1 N–H and O–H groups in total. The Balaban J connectivity index is 1.87. The van der Waals surface area contributed by atoms with Gasteiger partial charge in [0.25, 0.3) is 0 Å². The van der Waals surface area contributed by atoms with Crippen molar-refractivity contribution in [1.29, 1.82) is 5.26 Å². The molecule has 0 aliphatic heterocycles. The highest BCUT2D eigenvalue weighted by atomic mass is 19.1. The minimum absolute atomic E-state index is 0.162. The number of benzene rings is 1. The Morgan fingerprint density at radius 3 is 2.76 bits per heavy atom. The summed E-state index contributed by atoms with van der Waals surface area (Å²) in [6, 6.07) is 8.29. The van der Waals surface area contributed by atoms with Gasteiger partial charge in [-0.15, -0.1) is 0 Å². The SMILES string of the molecule is C[C@@H](CNC(=O)C1(C#N)CCCC1)Oc1ccccc1F. The Morgan fingerprint density at radius 1 is 1.48 bits per heavy atom. The highest BCUT2D eigenvalue weighted by molar-refractivity contribution is 5.85. The molecule has 1 aliphatic carbocycles. The first kappa shape index (κ1) is 15.3. The molecule has 1 atom stereocenters. The zero-order valence-electron chi connectivity index (χ0n) is 12.1. The molecule has 1 aliphatic rings. The summed E-state index contributed by atoms with van der Waals surface area (Å²) in [4.78, 5) is 12.2. The highest BCUT2D eigenvalue weighted by Crippen LogP contribution is 2.37. The normalized spacial score (nSPS) is 17.8. The number of carbonyl (C=O) groups excluding carboxylic acids is 1. The molecule has 2 rings (SSSR count). The third-order valence-corrected chi connectivity index (χ3v) is 3.82. The minimum Gasteiger partial charge on any atom is -0.486 e. The first-order valence-electron chi connectivity index (χ1n) is 7.18. The molecule has 4 nitrogen and oxygen atoms in total. The molecule has 0 saturated heterocycles. The summed E-state index contributed by atoms with van der Waals surface area (Å²) < 4.78 is 18.9. The maximum atomic E-state index is 13.5. The van der Waals surface area contributed by atoms with Crippen LogP contribution in [-0.4, -0.2) is 18.6 Å². The van der Waals surface area contributed by atoms with Gasteiger partial charge in [0.05, 0.1) is 12.6 Å². The number of nitriles is 1. The van der Waals surface area contributed by atoms with Gasteiger partial charge >= 0.3 is 0 Å². The van der Waals surface area contributed by atoms with Crippen LogP contribution in [0.1, 0.15) is 32.6 Å². The first-order chi connectivity index (χ1) is 10.1. The molecule has 1 aromatic carbocycles. The van der Waals surface area contributed by atoms with Gasteiger partial charge in [-0.25, -0.2) is 4.39 Å². The van der Waals surface area contributed by atoms with Crippen molar-refractivity contribution in [3.63, 3.8) is 0 Å². The fourth-order valence-corrected chi connectivity index (χ4v) is 2.57. The molecule has 21 heavy (non-hydrogen) atoms. The minimum atomic E-state index is -0.891. The van der Waals surface area contributed by atoms with Gasteiger partial charge in [-0.1, -0.05) is 25.0 Å². The van der Waals surface area contributed by atoms with Crippen LogP contribution in [-0.2, 0) is 4.79 Å². The second-order valence-corrected chi connectivity index (χ2v) is 5.47. The van der Waals surface area contributed by atoms with Crippen LogP contribution >= 0.6 is 0 Å². The Hall–Kier alpha value is -2.09. The van der Waals surface area contributed by atoms with Crippen LogP contribution in [0.5, 0.6) is 5.75 Å². The number of nitrogens with zero attached hydrogens (tertiary/aromatic N) is 1. The van der Waals surface area contributed by atoms with E-state index in [9.17, 15) is 14.4 Å². The lowest BCUT2D eigenvalue weighted by Crippen LogP contribution is -2.42. The lowest BCUT2D eigenvalue weighted by Gasteiger charge is -2.21. The second-order valence-electron chi connectivity index (χ2n) is 5.47. The quantitative estimate of drug-likeness (QED) is 0.907. The van der Waals surface area contributed by atoms with E-state index in [1.807, 2.05) is 0 Å². The van der Waals surface area contributed by atoms with Crippen LogP contribution in [0.3, 0.4) is 0 Å². The van der Waals surface area contributed by atoms with Crippen LogP contribution in [0.4, 0.5) is 4.39 Å². The largest absolute Gasteiger partial charge is 0.486 e. The molecule has 0 unspecified atom stereocenters. The Labute approximate surface area is 123 Å². The lowest BCUT2D eigenvalue weighted by atomic mass is 9.87. The van der Waals surface area contributed by atoms with Crippen molar-refractivity contribution in [3.05, 3.63) is 30.1 Å². The predicted molar refractivity (Wildman–Crippen MR) is 76.0 cm³/mol. The molecule has 112 valence electrons. The van der Waals surface area contributed by atoms with E-state index >= 15 is 0 Å². The maximum absolute atomic E-state index is 13.5. The van der Waals surface area contributed by atoms with Crippen molar-refractivity contribution in [2.75, 3.05) is 6.54 Å². The van der Waals surface area contributed by atoms with Crippen molar-refractivity contribution in [1.82, 2.24) is 5.32 Å². The Bertz CT molecular complexity index is 547. The second kappa shape index (κ2) is 6.57. The number of nitrogens with one attached hydrogen (secondary N) is 1. The summed E-state index contributed by atoms with van der Waals surface area (Å²) in [7, 11) is 0. The van der Waals surface area contributed by atoms with E-state index in [0.717, 1.165) is 12.8 Å². The molecular weight excluding hydrogens is 271 g/mol. The highest BCUT2D eigenvalue weighted by Gasteiger charge is 2.41. The summed E-state index contributed by atoms with van der Waals surface area (Å²) >= 11 is 0. The van der Waals surface area contributed by atoms with Crippen LogP contribution in [0.15, 0.2) is 24.3 Å². The number of hydrogen-bond donors (Lipinski definition) is 1. The van der Waals surface area contributed by atoms with E-state index in [-0.39, 0.29) is 24.3 Å². The summed E-state index contributed by atoms with van der Waals surface area (Å²) in [5, 5.41) is 12.0. The molecule has 0 heterocycles. The van der Waals surface area contributed by atoms with Gasteiger partial charge in [0.2, 0.25) is 5.91 Å². The number of para-hydroxylation sites is 1. The topological polar surface area (TPSA) is 62.1 Å². The third-order valence-electron chi connectivity index (χ3n) is 3.82. The van der Waals surface area contributed by atoms with E-state index in [1.54, 1.807) is 25.1 Å². The summed E-state index contributed by atoms with van der Waals surface area (Å²) in [5.41, 5.74) is -0.891. The van der Waals surface area contributed by atoms with Gasteiger partial charge < -0.3 is 10.1 Å². The maximum Gasteiger partial charge on any atom is 0.240 e. The van der Waals surface area contributed by atoms with Gasteiger partial charge in [0, 0.05) is 0 Å². The molecule has 1 saturated carbocycles. The van der Waals surface area contributed by atoms with Crippen LogP contribution in [0.25, 0.3) is 0 Å². The molecule has 0 spiro atoms. The van der Waals surface area contributed by atoms with Crippen molar-refractivity contribution in [3.8, 4) is 11.8 Å². The van der Waals surface area contributed by atoms with Gasteiger partial charge in [-0.3, -0.25) is 4.79 Å². The van der Waals surface area contributed by atoms with E-state index in [1.165, 1.54) is 6.07 Å².